The van der Waals surface area contributed by atoms with E-state index in [0.29, 0.717) is 4.83 Å². The second kappa shape index (κ2) is 5.15. The third-order valence-electron chi connectivity index (χ3n) is 2.92. The van der Waals surface area contributed by atoms with Gasteiger partial charge >= 0.3 is 0 Å². The van der Waals surface area contributed by atoms with Crippen LogP contribution in [0.25, 0.3) is 0 Å². The third kappa shape index (κ3) is 3.17. The molecule has 1 saturated heterocycles. The fraction of sp³-hybridized carbons (Fsp3) is 0.500. The summed E-state index contributed by atoms with van der Waals surface area (Å²) < 4.78 is 1.31. The highest BCUT2D eigenvalue weighted by molar-refractivity contribution is 14.1. The Hall–Kier alpha value is 0.390. The summed E-state index contributed by atoms with van der Waals surface area (Å²) >= 11 is 6.07. The molecule has 1 heterocycles. The molecular formula is C12H15BrIN. The van der Waals surface area contributed by atoms with Crippen LogP contribution in [0.15, 0.2) is 24.3 Å². The van der Waals surface area contributed by atoms with Crippen LogP contribution >= 0.6 is 38.5 Å². The number of nitrogens with zero attached hydrogens (tertiary/aromatic N) is 1. The summed E-state index contributed by atoms with van der Waals surface area (Å²) in [4.78, 5) is 3.19. The average Bonchev–Trinajstić information content (AvgIpc) is 2.50. The van der Waals surface area contributed by atoms with Crippen molar-refractivity contribution in [3.63, 3.8) is 0 Å². The molecule has 2 atom stereocenters. The molecule has 82 valence electrons. The van der Waals surface area contributed by atoms with Crippen molar-refractivity contribution in [2.24, 2.45) is 5.92 Å². The average molecular weight is 380 g/mol. The van der Waals surface area contributed by atoms with Crippen molar-refractivity contribution in [3.05, 3.63) is 33.4 Å². The lowest BCUT2D eigenvalue weighted by molar-refractivity contribution is 0.321. The van der Waals surface area contributed by atoms with E-state index in [-0.39, 0.29) is 0 Å². The summed E-state index contributed by atoms with van der Waals surface area (Å²) in [6.45, 7) is 5.78. The van der Waals surface area contributed by atoms with Crippen LogP contribution in [-0.4, -0.2) is 22.8 Å². The Bertz CT molecular complexity index is 315. The molecule has 0 amide bonds. The maximum atomic E-state index is 3.73. The molecular weight excluding hydrogens is 365 g/mol. The summed E-state index contributed by atoms with van der Waals surface area (Å²) in [7, 11) is 0. The quantitative estimate of drug-likeness (QED) is 0.561. The Balaban J connectivity index is 1.95. The predicted octanol–water partition coefficient (Wildman–Crippen LogP) is 3.51. The van der Waals surface area contributed by atoms with Gasteiger partial charge in [-0.1, -0.05) is 35.0 Å². The fourth-order valence-electron chi connectivity index (χ4n) is 2.00. The molecule has 0 bridgehead atoms. The van der Waals surface area contributed by atoms with Gasteiger partial charge in [-0.05, 0) is 46.2 Å². The van der Waals surface area contributed by atoms with Crippen LogP contribution in [0, 0.1) is 9.49 Å². The molecule has 2 unspecified atom stereocenters. The van der Waals surface area contributed by atoms with E-state index in [9.17, 15) is 0 Å². The van der Waals surface area contributed by atoms with Gasteiger partial charge in [0.25, 0.3) is 0 Å². The molecule has 1 aliphatic heterocycles. The lowest BCUT2D eigenvalue weighted by atomic mass is 10.2. The molecule has 1 fully saturated rings. The maximum Gasteiger partial charge on any atom is 0.0311 e. The number of halogens is 2. The van der Waals surface area contributed by atoms with Gasteiger partial charge in [-0.15, -0.1) is 0 Å². The molecule has 0 saturated carbocycles. The van der Waals surface area contributed by atoms with Gasteiger partial charge in [0.15, 0.2) is 0 Å². The van der Waals surface area contributed by atoms with Crippen LogP contribution in [-0.2, 0) is 6.54 Å². The minimum absolute atomic E-state index is 0.668. The minimum Gasteiger partial charge on any atom is -0.298 e. The van der Waals surface area contributed by atoms with Crippen molar-refractivity contribution < 1.29 is 0 Å². The minimum atomic E-state index is 0.668. The van der Waals surface area contributed by atoms with Crippen molar-refractivity contribution in [2.45, 2.75) is 18.3 Å². The van der Waals surface area contributed by atoms with E-state index in [0.717, 1.165) is 12.5 Å². The lowest BCUT2D eigenvalue weighted by Crippen LogP contribution is -2.20. The normalized spacial score (nSPS) is 27.1. The fourth-order valence-corrected chi connectivity index (χ4v) is 2.94. The van der Waals surface area contributed by atoms with E-state index in [2.05, 4.69) is 74.6 Å². The number of hydrogen-bond acceptors (Lipinski definition) is 1. The van der Waals surface area contributed by atoms with Crippen molar-refractivity contribution in [3.8, 4) is 0 Å². The first-order valence-electron chi connectivity index (χ1n) is 5.26. The van der Waals surface area contributed by atoms with E-state index in [4.69, 9.17) is 0 Å². The molecule has 1 aromatic rings. The van der Waals surface area contributed by atoms with Crippen molar-refractivity contribution in [1.29, 1.82) is 0 Å². The van der Waals surface area contributed by atoms with Gasteiger partial charge in [0, 0.05) is 28.0 Å². The second-order valence-electron chi connectivity index (χ2n) is 4.31. The van der Waals surface area contributed by atoms with Crippen molar-refractivity contribution in [2.75, 3.05) is 13.1 Å². The zero-order chi connectivity index (χ0) is 10.8. The Morgan fingerprint density at radius 2 is 2.00 bits per heavy atom. The van der Waals surface area contributed by atoms with Crippen LogP contribution in [0.5, 0.6) is 0 Å². The molecule has 3 heteroatoms. The van der Waals surface area contributed by atoms with E-state index in [1.54, 1.807) is 0 Å². The summed E-state index contributed by atoms with van der Waals surface area (Å²) in [6, 6.07) is 8.82. The third-order valence-corrected chi connectivity index (χ3v) is 4.83. The SMILES string of the molecule is CC1CN(Cc2ccc(I)cc2)CC1Br. The Labute approximate surface area is 114 Å². The van der Waals surface area contributed by atoms with Gasteiger partial charge in [0.05, 0.1) is 0 Å². The molecule has 0 aromatic heterocycles. The summed E-state index contributed by atoms with van der Waals surface area (Å²) in [5.41, 5.74) is 1.42. The van der Waals surface area contributed by atoms with Crippen LogP contribution in [0.2, 0.25) is 0 Å². The zero-order valence-corrected chi connectivity index (χ0v) is 12.5. The van der Waals surface area contributed by atoms with Gasteiger partial charge in [0.2, 0.25) is 0 Å². The summed E-state index contributed by atoms with van der Waals surface area (Å²) in [6.07, 6.45) is 0. The Morgan fingerprint density at radius 1 is 1.33 bits per heavy atom. The second-order valence-corrected chi connectivity index (χ2v) is 6.74. The smallest absolute Gasteiger partial charge is 0.0311 e. The molecule has 0 radical (unpaired) electrons. The lowest BCUT2D eigenvalue weighted by Gasteiger charge is -2.15. The largest absolute Gasteiger partial charge is 0.298 e. The topological polar surface area (TPSA) is 3.24 Å². The Morgan fingerprint density at radius 3 is 2.53 bits per heavy atom. The molecule has 0 N–H and O–H groups in total. The first-order valence-corrected chi connectivity index (χ1v) is 7.25. The van der Waals surface area contributed by atoms with Crippen LogP contribution < -0.4 is 0 Å². The summed E-state index contributed by atoms with van der Waals surface area (Å²) in [5, 5.41) is 0. The monoisotopic (exact) mass is 379 g/mol. The molecule has 1 aliphatic rings. The van der Waals surface area contributed by atoms with E-state index in [1.807, 2.05) is 0 Å². The number of benzene rings is 1. The number of hydrogen-bond donors (Lipinski definition) is 0. The van der Waals surface area contributed by atoms with E-state index >= 15 is 0 Å². The standard InChI is InChI=1S/C12H15BrIN/c1-9-6-15(8-12(9)13)7-10-2-4-11(14)5-3-10/h2-5,9,12H,6-8H2,1H3. The molecule has 1 aromatic carbocycles. The number of rotatable bonds is 2. The maximum absolute atomic E-state index is 3.73. The van der Waals surface area contributed by atoms with Crippen LogP contribution in [0.3, 0.4) is 0 Å². The highest BCUT2D eigenvalue weighted by atomic mass is 127. The van der Waals surface area contributed by atoms with Gasteiger partial charge in [-0.3, -0.25) is 4.90 Å². The van der Waals surface area contributed by atoms with E-state index < -0.39 is 0 Å². The molecule has 0 aliphatic carbocycles. The van der Waals surface area contributed by atoms with Crippen molar-refractivity contribution in [1.82, 2.24) is 4.90 Å². The van der Waals surface area contributed by atoms with Crippen LogP contribution in [0.4, 0.5) is 0 Å². The predicted molar refractivity (Wildman–Crippen MR) is 76.3 cm³/mol. The van der Waals surface area contributed by atoms with Gasteiger partial charge < -0.3 is 0 Å². The van der Waals surface area contributed by atoms with Crippen LogP contribution in [0.1, 0.15) is 12.5 Å². The zero-order valence-electron chi connectivity index (χ0n) is 8.79. The first-order chi connectivity index (χ1) is 7.15. The number of likely N-dealkylation sites (tertiary alicyclic amines) is 1. The van der Waals surface area contributed by atoms with Gasteiger partial charge in [-0.2, -0.15) is 0 Å². The highest BCUT2D eigenvalue weighted by Gasteiger charge is 2.26. The Kier molecular flexibility index (Phi) is 4.07. The summed E-state index contributed by atoms with van der Waals surface area (Å²) in [5.74, 6) is 0.772. The molecule has 2 rings (SSSR count). The number of alkyl halides is 1. The van der Waals surface area contributed by atoms with Crippen molar-refractivity contribution >= 4 is 38.5 Å². The first kappa shape index (κ1) is 11.9. The highest BCUT2D eigenvalue weighted by Crippen LogP contribution is 2.24. The van der Waals surface area contributed by atoms with Gasteiger partial charge in [0.1, 0.15) is 0 Å². The van der Waals surface area contributed by atoms with E-state index in [1.165, 1.54) is 22.2 Å². The molecule has 1 nitrogen and oxygen atoms in total. The molecule has 15 heavy (non-hydrogen) atoms. The molecule has 0 spiro atoms. The van der Waals surface area contributed by atoms with Gasteiger partial charge in [-0.25, -0.2) is 0 Å².